The number of nitrogens with one attached hydrogen (secondary N) is 1. The van der Waals surface area contributed by atoms with Gasteiger partial charge in [0.15, 0.2) is 5.82 Å². The molecule has 4 aromatic rings. The van der Waals surface area contributed by atoms with Crippen LogP contribution in [0.1, 0.15) is 30.7 Å². The molecular weight excluding hydrogens is 372 g/mol. The highest BCUT2D eigenvalue weighted by Crippen LogP contribution is 2.27. The highest BCUT2D eigenvalue weighted by Gasteiger charge is 2.10. The Balaban J connectivity index is 1.53. The topological polar surface area (TPSA) is 59.9 Å². The molecule has 0 bridgehead atoms. The van der Waals surface area contributed by atoms with Crippen LogP contribution < -0.4 is 5.32 Å². The zero-order valence-corrected chi connectivity index (χ0v) is 17.4. The minimum Gasteiger partial charge on any atom is -0.378 e. The summed E-state index contributed by atoms with van der Waals surface area (Å²) in [5.74, 6) is 0.764. The molecular formula is C25H26N4O. The maximum absolute atomic E-state index is 5.64. The fourth-order valence-electron chi connectivity index (χ4n) is 3.38. The van der Waals surface area contributed by atoms with Gasteiger partial charge in [0.2, 0.25) is 0 Å². The average Bonchev–Trinajstić information content (AvgIpc) is 2.77. The first-order valence-corrected chi connectivity index (χ1v) is 10.3. The number of fused-ring (bicyclic) bond motifs is 1. The van der Waals surface area contributed by atoms with Crippen LogP contribution in [0.2, 0.25) is 0 Å². The van der Waals surface area contributed by atoms with Crippen LogP contribution in [0.3, 0.4) is 0 Å². The molecule has 0 saturated carbocycles. The Labute approximate surface area is 177 Å². The number of hydrogen-bond donors (Lipinski definition) is 1. The molecule has 0 spiro atoms. The van der Waals surface area contributed by atoms with Crippen LogP contribution in [0.5, 0.6) is 0 Å². The SMILES string of the molecule is CC(C)OCCc1ccc(Nc2nnc(Cc3ccncc3)c3ccccc23)cc1. The van der Waals surface area contributed by atoms with E-state index in [0.717, 1.165) is 47.4 Å². The monoisotopic (exact) mass is 398 g/mol. The number of nitrogens with zero attached hydrogens (tertiary/aromatic N) is 3. The molecule has 1 N–H and O–H groups in total. The Morgan fingerprint density at radius 3 is 2.30 bits per heavy atom. The lowest BCUT2D eigenvalue weighted by Crippen LogP contribution is -2.06. The van der Waals surface area contributed by atoms with Gasteiger partial charge in [0.25, 0.3) is 0 Å². The second-order valence-electron chi connectivity index (χ2n) is 7.56. The molecule has 5 heteroatoms. The number of aromatic nitrogens is 3. The Morgan fingerprint density at radius 1 is 0.833 bits per heavy atom. The normalized spacial score (nSPS) is 11.2. The molecule has 2 aromatic carbocycles. The van der Waals surface area contributed by atoms with E-state index in [1.54, 1.807) is 12.4 Å². The van der Waals surface area contributed by atoms with E-state index in [-0.39, 0.29) is 6.10 Å². The predicted octanol–water partition coefficient (Wildman–Crippen LogP) is 5.33. The van der Waals surface area contributed by atoms with E-state index in [9.17, 15) is 0 Å². The minimum absolute atomic E-state index is 0.263. The van der Waals surface area contributed by atoms with Gasteiger partial charge in [-0.05, 0) is 55.7 Å². The van der Waals surface area contributed by atoms with Gasteiger partial charge >= 0.3 is 0 Å². The van der Waals surface area contributed by atoms with Gasteiger partial charge in [-0.1, -0.05) is 36.4 Å². The molecule has 0 aliphatic rings. The van der Waals surface area contributed by atoms with E-state index in [0.29, 0.717) is 0 Å². The summed E-state index contributed by atoms with van der Waals surface area (Å²) < 4.78 is 5.64. The Bertz CT molecular complexity index is 1100. The molecule has 0 fully saturated rings. The Hall–Kier alpha value is -3.31. The molecule has 5 nitrogen and oxygen atoms in total. The molecule has 30 heavy (non-hydrogen) atoms. The number of hydrogen-bond acceptors (Lipinski definition) is 5. The molecule has 4 rings (SSSR count). The summed E-state index contributed by atoms with van der Waals surface area (Å²) in [6, 6.07) is 20.7. The lowest BCUT2D eigenvalue weighted by molar-refractivity contribution is 0.0813. The summed E-state index contributed by atoms with van der Waals surface area (Å²) in [6.07, 6.45) is 5.51. The van der Waals surface area contributed by atoms with Gasteiger partial charge in [-0.25, -0.2) is 0 Å². The van der Waals surface area contributed by atoms with Gasteiger partial charge in [0.05, 0.1) is 18.4 Å². The molecule has 0 atom stereocenters. The van der Waals surface area contributed by atoms with Crippen molar-refractivity contribution >= 4 is 22.3 Å². The van der Waals surface area contributed by atoms with E-state index in [2.05, 4.69) is 70.7 Å². The van der Waals surface area contributed by atoms with Crippen LogP contribution >= 0.6 is 0 Å². The maximum Gasteiger partial charge on any atom is 0.160 e. The minimum atomic E-state index is 0.263. The van der Waals surface area contributed by atoms with Crippen molar-refractivity contribution < 1.29 is 4.74 Å². The fourth-order valence-corrected chi connectivity index (χ4v) is 3.38. The van der Waals surface area contributed by atoms with Gasteiger partial charge < -0.3 is 10.1 Å². The standard InChI is InChI=1S/C25H26N4O/c1-18(2)30-16-13-19-7-9-21(10-8-19)27-25-23-6-4-3-5-22(23)24(28-29-25)17-20-11-14-26-15-12-20/h3-12,14-15,18H,13,16-17H2,1-2H3,(H,27,29). The zero-order valence-electron chi connectivity index (χ0n) is 17.4. The molecule has 0 aliphatic carbocycles. The lowest BCUT2D eigenvalue weighted by Gasteiger charge is -2.12. The van der Waals surface area contributed by atoms with E-state index < -0.39 is 0 Å². The van der Waals surface area contributed by atoms with E-state index >= 15 is 0 Å². The third-order valence-electron chi connectivity index (χ3n) is 4.94. The van der Waals surface area contributed by atoms with Gasteiger partial charge in [-0.2, -0.15) is 5.10 Å². The van der Waals surface area contributed by atoms with Crippen molar-refractivity contribution in [2.45, 2.75) is 32.8 Å². The van der Waals surface area contributed by atoms with Gasteiger partial charge in [-0.3, -0.25) is 4.98 Å². The maximum atomic E-state index is 5.64. The van der Waals surface area contributed by atoms with Crippen molar-refractivity contribution in [3.63, 3.8) is 0 Å². The number of benzene rings is 2. The van der Waals surface area contributed by atoms with Crippen LogP contribution in [-0.4, -0.2) is 27.9 Å². The van der Waals surface area contributed by atoms with E-state index in [1.165, 1.54) is 11.1 Å². The summed E-state index contributed by atoms with van der Waals surface area (Å²) in [4.78, 5) is 4.09. The highest BCUT2D eigenvalue weighted by atomic mass is 16.5. The third-order valence-corrected chi connectivity index (χ3v) is 4.94. The van der Waals surface area contributed by atoms with Crippen molar-refractivity contribution in [1.29, 1.82) is 0 Å². The van der Waals surface area contributed by atoms with Crippen molar-refractivity contribution in [3.8, 4) is 0 Å². The van der Waals surface area contributed by atoms with Gasteiger partial charge in [0.1, 0.15) is 0 Å². The van der Waals surface area contributed by atoms with Crippen LogP contribution in [0, 0.1) is 0 Å². The predicted molar refractivity (Wildman–Crippen MR) is 121 cm³/mol. The summed E-state index contributed by atoms with van der Waals surface area (Å²) >= 11 is 0. The first-order valence-electron chi connectivity index (χ1n) is 10.3. The first kappa shape index (κ1) is 20.0. The van der Waals surface area contributed by atoms with Crippen molar-refractivity contribution in [2.75, 3.05) is 11.9 Å². The molecule has 2 heterocycles. The summed E-state index contributed by atoms with van der Waals surface area (Å²) in [7, 11) is 0. The molecule has 0 unspecified atom stereocenters. The number of ether oxygens (including phenoxy) is 1. The highest BCUT2D eigenvalue weighted by molar-refractivity contribution is 5.94. The second-order valence-corrected chi connectivity index (χ2v) is 7.56. The fraction of sp³-hybridized carbons (Fsp3) is 0.240. The second kappa shape index (κ2) is 9.46. The first-order chi connectivity index (χ1) is 14.7. The Kier molecular flexibility index (Phi) is 6.30. The van der Waals surface area contributed by atoms with E-state index in [1.807, 2.05) is 24.3 Å². The quantitative estimate of drug-likeness (QED) is 0.435. The van der Waals surface area contributed by atoms with Crippen LogP contribution in [-0.2, 0) is 17.6 Å². The summed E-state index contributed by atoms with van der Waals surface area (Å²) in [6.45, 7) is 4.85. The lowest BCUT2D eigenvalue weighted by atomic mass is 10.0. The van der Waals surface area contributed by atoms with Crippen LogP contribution in [0.25, 0.3) is 10.8 Å². The number of anilines is 2. The third kappa shape index (κ3) is 4.99. The van der Waals surface area contributed by atoms with Crippen molar-refractivity contribution in [1.82, 2.24) is 15.2 Å². The molecule has 0 amide bonds. The van der Waals surface area contributed by atoms with Crippen molar-refractivity contribution in [3.05, 3.63) is 89.9 Å². The largest absolute Gasteiger partial charge is 0.378 e. The van der Waals surface area contributed by atoms with Gasteiger partial charge in [-0.15, -0.1) is 5.10 Å². The average molecular weight is 399 g/mol. The zero-order chi connectivity index (χ0) is 20.8. The smallest absolute Gasteiger partial charge is 0.160 e. The summed E-state index contributed by atoms with van der Waals surface area (Å²) in [5, 5.41) is 14.6. The molecule has 0 saturated heterocycles. The van der Waals surface area contributed by atoms with Crippen molar-refractivity contribution in [2.24, 2.45) is 0 Å². The van der Waals surface area contributed by atoms with Gasteiger partial charge in [0, 0.05) is 35.3 Å². The Morgan fingerprint density at radius 2 is 1.57 bits per heavy atom. The summed E-state index contributed by atoms with van der Waals surface area (Å²) in [5.41, 5.74) is 4.37. The van der Waals surface area contributed by atoms with E-state index in [4.69, 9.17) is 4.74 Å². The molecule has 152 valence electrons. The molecule has 2 aromatic heterocycles. The number of rotatable bonds is 8. The molecule has 0 aliphatic heterocycles. The molecule has 0 radical (unpaired) electrons. The van der Waals surface area contributed by atoms with Crippen LogP contribution in [0.15, 0.2) is 73.1 Å². The van der Waals surface area contributed by atoms with Crippen LogP contribution in [0.4, 0.5) is 11.5 Å². The number of pyridine rings is 1.